The summed E-state index contributed by atoms with van der Waals surface area (Å²) < 4.78 is 23.4. The number of hydrogen-bond donors (Lipinski definition) is 0. The molecule has 1 aliphatic carbocycles. The topological polar surface area (TPSA) is 77.3 Å². The van der Waals surface area contributed by atoms with Gasteiger partial charge in [-0.2, -0.15) is 0 Å². The first kappa shape index (κ1) is 15.7. The van der Waals surface area contributed by atoms with Crippen LogP contribution in [0.3, 0.4) is 0 Å². The molecule has 0 saturated heterocycles. The van der Waals surface area contributed by atoms with Crippen LogP contribution in [0.15, 0.2) is 48.5 Å². The van der Waals surface area contributed by atoms with Crippen LogP contribution in [-0.4, -0.2) is 24.5 Å². The zero-order valence-electron chi connectivity index (χ0n) is 12.7. The Morgan fingerprint density at radius 3 is 2.61 bits per heavy atom. The highest BCUT2D eigenvalue weighted by Crippen LogP contribution is 2.52. The van der Waals surface area contributed by atoms with Crippen LogP contribution in [0, 0.1) is 16.0 Å². The van der Waals surface area contributed by atoms with Crippen molar-refractivity contribution in [2.24, 2.45) is 5.92 Å². The highest BCUT2D eigenvalue weighted by Gasteiger charge is 2.73. The van der Waals surface area contributed by atoms with E-state index in [1.807, 2.05) is 54.6 Å². The number of nitrogens with zero attached hydrogens (tertiary/aromatic N) is 1. The van der Waals surface area contributed by atoms with Gasteiger partial charge in [0.05, 0.1) is 5.92 Å². The first-order valence-electron chi connectivity index (χ1n) is 7.34. The molecule has 0 heterocycles. The van der Waals surface area contributed by atoms with Gasteiger partial charge >= 0.3 is 4.87 Å². The lowest BCUT2D eigenvalue weighted by molar-refractivity contribution is -0.515. The minimum Gasteiger partial charge on any atom is -0.263 e. The van der Waals surface area contributed by atoms with Gasteiger partial charge in [-0.05, 0) is 22.8 Å². The Morgan fingerprint density at radius 2 is 1.96 bits per heavy atom. The van der Waals surface area contributed by atoms with Crippen LogP contribution < -0.4 is 0 Å². The lowest BCUT2D eigenvalue weighted by atomic mass is 10.0. The van der Waals surface area contributed by atoms with E-state index in [0.717, 1.165) is 22.6 Å². The molecule has 0 bridgehead atoms. The molecule has 0 spiro atoms. The summed E-state index contributed by atoms with van der Waals surface area (Å²) in [7, 11) is -3.70. The van der Waals surface area contributed by atoms with Crippen molar-refractivity contribution < 1.29 is 13.3 Å². The average molecular weight is 331 g/mol. The van der Waals surface area contributed by atoms with E-state index in [-0.39, 0.29) is 6.42 Å². The van der Waals surface area contributed by atoms with Crippen molar-refractivity contribution in [3.8, 4) is 0 Å². The van der Waals surface area contributed by atoms with Gasteiger partial charge in [-0.1, -0.05) is 54.6 Å². The smallest absolute Gasteiger partial charge is 0.263 e. The van der Waals surface area contributed by atoms with Crippen LogP contribution in [0.4, 0.5) is 0 Å². The van der Waals surface area contributed by atoms with Gasteiger partial charge in [0.15, 0.2) is 0 Å². The Hall–Kier alpha value is -2.21. The summed E-state index contributed by atoms with van der Waals surface area (Å²) in [6, 6.07) is 13.9. The van der Waals surface area contributed by atoms with Gasteiger partial charge < -0.3 is 0 Å². The Kier molecular flexibility index (Phi) is 3.72. The van der Waals surface area contributed by atoms with Crippen molar-refractivity contribution in [2.75, 3.05) is 6.26 Å². The number of rotatable bonds is 5. The van der Waals surface area contributed by atoms with E-state index in [9.17, 15) is 18.5 Å². The van der Waals surface area contributed by atoms with Crippen molar-refractivity contribution in [1.82, 2.24) is 0 Å². The summed E-state index contributed by atoms with van der Waals surface area (Å²) in [5.74, 6) is -0.446. The molecular weight excluding hydrogens is 314 g/mol. The van der Waals surface area contributed by atoms with Gasteiger partial charge in [0, 0.05) is 17.6 Å². The quantitative estimate of drug-likeness (QED) is 0.622. The summed E-state index contributed by atoms with van der Waals surface area (Å²) >= 11 is 0. The Labute approximate surface area is 134 Å². The molecular formula is C17H17NO4S. The molecule has 1 aliphatic rings. The normalized spacial score (nSPS) is 24.1. The molecule has 2 aromatic carbocycles. The third kappa shape index (κ3) is 2.63. The zero-order chi connectivity index (χ0) is 16.7. The van der Waals surface area contributed by atoms with E-state index in [1.54, 1.807) is 0 Å². The van der Waals surface area contributed by atoms with Gasteiger partial charge in [-0.15, -0.1) is 0 Å². The van der Waals surface area contributed by atoms with Gasteiger partial charge in [0.2, 0.25) is 9.84 Å². The summed E-state index contributed by atoms with van der Waals surface area (Å²) in [6.07, 6.45) is 5.18. The van der Waals surface area contributed by atoms with Crippen LogP contribution >= 0.6 is 0 Å². The average Bonchev–Trinajstić information content (AvgIpc) is 3.23. The highest BCUT2D eigenvalue weighted by atomic mass is 32.2. The van der Waals surface area contributed by atoms with E-state index in [0.29, 0.717) is 6.42 Å². The summed E-state index contributed by atoms with van der Waals surface area (Å²) in [5.41, 5.74) is 1.02. The van der Waals surface area contributed by atoms with E-state index in [2.05, 4.69) is 0 Å². The highest BCUT2D eigenvalue weighted by molar-refractivity contribution is 7.92. The minimum atomic E-state index is -3.70. The van der Waals surface area contributed by atoms with Crippen molar-refractivity contribution in [3.63, 3.8) is 0 Å². The van der Waals surface area contributed by atoms with E-state index < -0.39 is 25.5 Å². The molecule has 6 heteroatoms. The maximum atomic E-state index is 11.7. The molecule has 23 heavy (non-hydrogen) atoms. The van der Waals surface area contributed by atoms with Crippen molar-refractivity contribution in [3.05, 3.63) is 64.2 Å². The van der Waals surface area contributed by atoms with Crippen LogP contribution in [0.2, 0.25) is 0 Å². The fourth-order valence-corrected chi connectivity index (χ4v) is 4.61. The van der Waals surface area contributed by atoms with Crippen molar-refractivity contribution in [2.45, 2.75) is 17.7 Å². The lowest BCUT2D eigenvalue weighted by Gasteiger charge is -2.06. The number of nitro groups is 1. The molecule has 0 N–H and O–H groups in total. The molecule has 2 atom stereocenters. The zero-order valence-corrected chi connectivity index (χ0v) is 13.5. The molecule has 0 radical (unpaired) electrons. The first-order chi connectivity index (χ1) is 10.9. The SMILES string of the molecule is CS(=O)(=O)[C@]1([N+](=O)[O-])C[C@@H]1C/C=C/c1cccc2ccccc12. The molecule has 0 aromatic heterocycles. The molecule has 1 saturated carbocycles. The molecule has 2 aromatic rings. The summed E-state index contributed by atoms with van der Waals surface area (Å²) in [4.78, 5) is 8.73. The molecule has 0 amide bonds. The lowest BCUT2D eigenvalue weighted by Crippen LogP contribution is -2.33. The molecule has 120 valence electrons. The van der Waals surface area contributed by atoms with Crippen LogP contribution in [-0.2, 0) is 9.84 Å². The predicted molar refractivity (Wildman–Crippen MR) is 90.3 cm³/mol. The fraction of sp³-hybridized carbons (Fsp3) is 0.294. The van der Waals surface area contributed by atoms with Crippen LogP contribution in [0.25, 0.3) is 16.8 Å². The Bertz CT molecular complexity index is 898. The maximum absolute atomic E-state index is 11.7. The fourth-order valence-electron chi connectivity index (χ4n) is 3.13. The monoisotopic (exact) mass is 331 g/mol. The van der Waals surface area contributed by atoms with Crippen LogP contribution in [0.1, 0.15) is 18.4 Å². The van der Waals surface area contributed by atoms with E-state index >= 15 is 0 Å². The summed E-state index contributed by atoms with van der Waals surface area (Å²) in [5, 5.41) is 13.4. The number of sulfone groups is 1. The second-order valence-electron chi connectivity index (χ2n) is 5.98. The minimum absolute atomic E-state index is 0.0959. The maximum Gasteiger partial charge on any atom is 0.322 e. The number of benzene rings is 2. The van der Waals surface area contributed by atoms with Crippen molar-refractivity contribution in [1.29, 1.82) is 0 Å². The first-order valence-corrected chi connectivity index (χ1v) is 9.24. The molecule has 0 aliphatic heterocycles. The van der Waals surface area contributed by atoms with Gasteiger partial charge in [-0.3, -0.25) is 10.1 Å². The molecule has 1 fully saturated rings. The van der Waals surface area contributed by atoms with Gasteiger partial charge in [0.1, 0.15) is 0 Å². The van der Waals surface area contributed by atoms with E-state index in [4.69, 9.17) is 0 Å². The second kappa shape index (κ2) is 5.45. The second-order valence-corrected chi connectivity index (χ2v) is 8.23. The number of allylic oxidation sites excluding steroid dienone is 1. The molecule has 5 nitrogen and oxygen atoms in total. The third-order valence-corrected chi connectivity index (χ3v) is 6.44. The Morgan fingerprint density at radius 1 is 1.26 bits per heavy atom. The molecule has 3 rings (SSSR count). The third-order valence-electron chi connectivity index (χ3n) is 4.51. The van der Waals surface area contributed by atoms with E-state index in [1.165, 1.54) is 0 Å². The predicted octanol–water partition coefficient (Wildman–Crippen LogP) is 3.28. The van der Waals surface area contributed by atoms with Gasteiger partial charge in [0.25, 0.3) is 0 Å². The largest absolute Gasteiger partial charge is 0.322 e. The van der Waals surface area contributed by atoms with Gasteiger partial charge in [-0.25, -0.2) is 8.42 Å². The molecule has 0 unspecified atom stereocenters. The number of fused-ring (bicyclic) bond motifs is 1. The number of hydrogen-bond acceptors (Lipinski definition) is 4. The standard InChI is InChI=1S/C17H17NO4S/c1-23(21,22)17(18(19)20)12-15(17)10-5-9-14-8-4-7-13-6-2-3-11-16(13)14/h2-9,11,15H,10,12H2,1H3/b9-5+/t15-,17+/m0/s1. The Balaban J connectivity index is 1.79. The van der Waals surface area contributed by atoms with Crippen molar-refractivity contribution >= 4 is 26.7 Å². The summed E-state index contributed by atoms with van der Waals surface area (Å²) in [6.45, 7) is 0. The van der Waals surface area contributed by atoms with Crippen LogP contribution in [0.5, 0.6) is 0 Å².